The minimum absolute atomic E-state index is 0.258. The molecule has 31 heavy (non-hydrogen) atoms. The van der Waals surface area contributed by atoms with Crippen LogP contribution in [0.3, 0.4) is 0 Å². The Balaban J connectivity index is 1.79. The van der Waals surface area contributed by atoms with Gasteiger partial charge in [-0.25, -0.2) is 4.98 Å². The van der Waals surface area contributed by atoms with Crippen molar-refractivity contribution in [3.05, 3.63) is 54.4 Å². The molecule has 0 aliphatic carbocycles. The molecule has 0 spiro atoms. The fraction of sp³-hybridized carbons (Fsp3) is 0.385. The van der Waals surface area contributed by atoms with Crippen LogP contribution >= 0.6 is 0 Å². The van der Waals surface area contributed by atoms with Gasteiger partial charge in [-0.3, -0.25) is 0 Å². The van der Waals surface area contributed by atoms with Crippen molar-refractivity contribution in [3.63, 3.8) is 0 Å². The molecule has 0 fully saturated rings. The fourth-order valence-electron chi connectivity index (χ4n) is 3.43. The molecule has 162 valence electrons. The molecule has 0 radical (unpaired) electrons. The van der Waals surface area contributed by atoms with Crippen molar-refractivity contribution >= 4 is 0 Å². The van der Waals surface area contributed by atoms with E-state index in [1.165, 1.54) is 0 Å². The topological polar surface area (TPSA) is 68.3 Å². The van der Waals surface area contributed by atoms with Crippen molar-refractivity contribution in [2.24, 2.45) is 5.41 Å². The Labute approximate surface area is 184 Å². The molecule has 5 heteroatoms. The molecule has 0 aliphatic rings. The third-order valence-electron chi connectivity index (χ3n) is 5.38. The quantitative estimate of drug-likeness (QED) is 0.344. The Kier molecular flexibility index (Phi) is 7.36. The smallest absolute Gasteiger partial charge is 0.195 e. The number of aromatic nitrogens is 1. The van der Waals surface area contributed by atoms with Crippen LogP contribution in [-0.2, 0) is 6.42 Å². The van der Waals surface area contributed by atoms with Crippen LogP contribution in [0.2, 0.25) is 0 Å². The molecule has 0 N–H and O–H groups in total. The maximum atomic E-state index is 9.15. The number of rotatable bonds is 10. The van der Waals surface area contributed by atoms with E-state index in [4.69, 9.17) is 24.1 Å². The predicted octanol–water partition coefficient (Wildman–Crippen LogP) is 6.68. The first-order chi connectivity index (χ1) is 15.0. The van der Waals surface area contributed by atoms with Gasteiger partial charge in [0, 0.05) is 17.5 Å². The summed E-state index contributed by atoms with van der Waals surface area (Å²) in [6, 6.07) is 18.0. The highest BCUT2D eigenvalue weighted by molar-refractivity contribution is 5.77. The normalized spacial score (nSPS) is 11.2. The highest BCUT2D eigenvalue weighted by atomic mass is 16.5. The number of unbranched alkanes of at least 4 members (excludes halogenated alkanes) is 2. The zero-order valence-corrected chi connectivity index (χ0v) is 18.8. The van der Waals surface area contributed by atoms with Gasteiger partial charge in [0.15, 0.2) is 11.7 Å². The lowest BCUT2D eigenvalue weighted by Crippen LogP contribution is -2.07. The van der Waals surface area contributed by atoms with E-state index in [1.807, 2.05) is 62.4 Å². The molecular weight excluding hydrogens is 388 g/mol. The summed E-state index contributed by atoms with van der Waals surface area (Å²) in [7, 11) is 3.31. The second kappa shape index (κ2) is 10.2. The van der Waals surface area contributed by atoms with E-state index in [9.17, 15) is 0 Å². The Morgan fingerprint density at radius 1 is 0.871 bits per heavy atom. The standard InChI is InChI=1S/C26H30N2O3/c1-26(2,18-27)17-7-5-6-8-23-28-24(19-9-13-21(29-3)14-10-19)25(31-23)20-11-15-22(30-4)16-12-20/h9-16H,5-8,17H2,1-4H3. The van der Waals surface area contributed by atoms with Gasteiger partial charge in [0.1, 0.15) is 17.2 Å². The molecule has 0 bridgehead atoms. The Morgan fingerprint density at radius 3 is 2.00 bits per heavy atom. The number of oxazole rings is 1. The first-order valence-electron chi connectivity index (χ1n) is 10.7. The van der Waals surface area contributed by atoms with E-state index in [0.29, 0.717) is 0 Å². The third-order valence-corrected chi connectivity index (χ3v) is 5.38. The summed E-state index contributed by atoms with van der Waals surface area (Å²) >= 11 is 0. The molecule has 2 aromatic carbocycles. The number of nitrogens with zero attached hydrogens (tertiary/aromatic N) is 2. The first-order valence-corrected chi connectivity index (χ1v) is 10.7. The van der Waals surface area contributed by atoms with Gasteiger partial charge in [0.2, 0.25) is 0 Å². The van der Waals surface area contributed by atoms with Gasteiger partial charge < -0.3 is 13.9 Å². The van der Waals surface area contributed by atoms with Gasteiger partial charge in [-0.15, -0.1) is 0 Å². The summed E-state index contributed by atoms with van der Waals surface area (Å²) in [5.41, 5.74) is 2.51. The summed E-state index contributed by atoms with van der Waals surface area (Å²) in [6.07, 6.45) is 4.73. The summed E-state index contributed by atoms with van der Waals surface area (Å²) in [5, 5.41) is 9.15. The molecular formula is C26H30N2O3. The molecule has 3 aromatic rings. The van der Waals surface area contributed by atoms with Gasteiger partial charge in [0.05, 0.1) is 25.7 Å². The second-order valence-electron chi connectivity index (χ2n) is 8.30. The highest BCUT2D eigenvalue weighted by Crippen LogP contribution is 2.35. The zero-order chi connectivity index (χ0) is 22.3. The van der Waals surface area contributed by atoms with Crippen LogP contribution in [0.15, 0.2) is 52.9 Å². The van der Waals surface area contributed by atoms with Crippen LogP contribution in [0.4, 0.5) is 0 Å². The summed E-state index contributed by atoms with van der Waals surface area (Å²) in [5.74, 6) is 3.10. The lowest BCUT2D eigenvalue weighted by atomic mass is 9.89. The number of benzene rings is 2. The van der Waals surface area contributed by atoms with E-state index in [2.05, 4.69) is 6.07 Å². The number of hydrogen-bond donors (Lipinski definition) is 0. The van der Waals surface area contributed by atoms with Crippen molar-refractivity contribution < 1.29 is 13.9 Å². The molecule has 0 saturated carbocycles. The SMILES string of the molecule is COc1ccc(-c2nc(CCCCCC(C)(C)C#N)oc2-c2ccc(OC)cc2)cc1. The molecule has 3 rings (SSSR count). The van der Waals surface area contributed by atoms with Crippen molar-refractivity contribution in [1.29, 1.82) is 5.26 Å². The fourth-order valence-corrected chi connectivity index (χ4v) is 3.43. The van der Waals surface area contributed by atoms with Crippen molar-refractivity contribution in [2.75, 3.05) is 14.2 Å². The molecule has 1 aromatic heterocycles. The second-order valence-corrected chi connectivity index (χ2v) is 8.30. The number of ether oxygens (including phenoxy) is 2. The van der Waals surface area contributed by atoms with Crippen LogP contribution in [0.1, 0.15) is 45.4 Å². The Morgan fingerprint density at radius 2 is 1.45 bits per heavy atom. The lowest BCUT2D eigenvalue weighted by Gasteiger charge is -2.13. The minimum atomic E-state index is -0.258. The van der Waals surface area contributed by atoms with E-state index in [0.717, 1.165) is 72.1 Å². The lowest BCUT2D eigenvalue weighted by molar-refractivity contribution is 0.414. The maximum Gasteiger partial charge on any atom is 0.195 e. The summed E-state index contributed by atoms with van der Waals surface area (Å²) in [4.78, 5) is 4.83. The van der Waals surface area contributed by atoms with E-state index >= 15 is 0 Å². The van der Waals surface area contributed by atoms with E-state index < -0.39 is 0 Å². The molecule has 5 nitrogen and oxygen atoms in total. The van der Waals surface area contributed by atoms with Crippen molar-refractivity contribution in [3.8, 4) is 40.1 Å². The van der Waals surface area contributed by atoms with Crippen LogP contribution in [0, 0.1) is 16.7 Å². The van der Waals surface area contributed by atoms with Crippen molar-refractivity contribution in [2.45, 2.75) is 46.0 Å². The maximum absolute atomic E-state index is 9.15. The third kappa shape index (κ3) is 5.88. The summed E-state index contributed by atoms with van der Waals surface area (Å²) < 4.78 is 16.8. The minimum Gasteiger partial charge on any atom is -0.497 e. The van der Waals surface area contributed by atoms with Crippen LogP contribution in [0.5, 0.6) is 11.5 Å². The highest BCUT2D eigenvalue weighted by Gasteiger charge is 2.18. The molecule has 1 heterocycles. The average molecular weight is 419 g/mol. The molecule has 0 aliphatic heterocycles. The van der Waals surface area contributed by atoms with E-state index in [1.54, 1.807) is 14.2 Å². The number of aryl methyl sites for hydroxylation is 1. The van der Waals surface area contributed by atoms with Gasteiger partial charge in [-0.05, 0) is 75.2 Å². The number of hydrogen-bond acceptors (Lipinski definition) is 5. The molecule has 0 saturated heterocycles. The van der Waals surface area contributed by atoms with Gasteiger partial charge in [-0.1, -0.05) is 12.8 Å². The predicted molar refractivity (Wildman–Crippen MR) is 122 cm³/mol. The largest absolute Gasteiger partial charge is 0.497 e. The number of nitriles is 1. The van der Waals surface area contributed by atoms with Gasteiger partial charge >= 0.3 is 0 Å². The van der Waals surface area contributed by atoms with Crippen LogP contribution in [0.25, 0.3) is 22.6 Å². The summed E-state index contributed by atoms with van der Waals surface area (Å²) in [6.45, 7) is 3.98. The number of methoxy groups -OCH3 is 2. The van der Waals surface area contributed by atoms with Gasteiger partial charge in [0.25, 0.3) is 0 Å². The monoisotopic (exact) mass is 418 g/mol. The molecule has 0 unspecified atom stereocenters. The first kappa shape index (κ1) is 22.4. The van der Waals surface area contributed by atoms with Crippen molar-refractivity contribution in [1.82, 2.24) is 4.98 Å². The molecule has 0 atom stereocenters. The van der Waals surface area contributed by atoms with Gasteiger partial charge in [-0.2, -0.15) is 5.26 Å². The van der Waals surface area contributed by atoms with E-state index in [-0.39, 0.29) is 5.41 Å². The molecule has 0 amide bonds. The van der Waals surface area contributed by atoms with Crippen LogP contribution in [-0.4, -0.2) is 19.2 Å². The Bertz CT molecular complexity index is 947. The zero-order valence-electron chi connectivity index (χ0n) is 18.8. The average Bonchev–Trinajstić information content (AvgIpc) is 3.23. The Hall–Kier alpha value is -3.26. The van der Waals surface area contributed by atoms with Crippen LogP contribution < -0.4 is 9.47 Å².